The van der Waals surface area contributed by atoms with E-state index in [-0.39, 0.29) is 5.82 Å². The molecule has 1 aromatic carbocycles. The second-order valence-electron chi connectivity index (χ2n) is 3.03. The van der Waals surface area contributed by atoms with Crippen molar-refractivity contribution >= 4 is 15.7 Å². The van der Waals surface area contributed by atoms with Crippen molar-refractivity contribution in [2.45, 2.75) is 13.3 Å². The van der Waals surface area contributed by atoms with Gasteiger partial charge in [0.1, 0.15) is 5.82 Å². The molecule has 0 heterocycles. The molecule has 0 aliphatic heterocycles. The van der Waals surface area contributed by atoms with E-state index >= 15 is 0 Å². The van der Waals surface area contributed by atoms with Crippen LogP contribution in [0.5, 0.6) is 0 Å². The van der Waals surface area contributed by atoms with Gasteiger partial charge in [-0.3, -0.25) is 4.72 Å². The Morgan fingerprint density at radius 2 is 2.07 bits per heavy atom. The maximum absolute atomic E-state index is 12.8. The maximum atomic E-state index is 12.8. The van der Waals surface area contributed by atoms with E-state index in [0.29, 0.717) is 17.7 Å². The molecule has 5 heteroatoms. The van der Waals surface area contributed by atoms with Crippen LogP contribution in [0, 0.1) is 5.82 Å². The zero-order chi connectivity index (χ0) is 10.8. The standard InChI is InChI=1S/C9H12FNO2S/c1-3-7-6-8(10)4-5-9(7)11-14(2,12)13/h4-6,11H,3H2,1-2H3. The van der Waals surface area contributed by atoms with Gasteiger partial charge in [-0.25, -0.2) is 12.8 Å². The molecular formula is C9H12FNO2S. The molecule has 1 N–H and O–H groups in total. The van der Waals surface area contributed by atoms with Gasteiger partial charge in [0.2, 0.25) is 10.0 Å². The third-order valence-electron chi connectivity index (χ3n) is 1.74. The monoisotopic (exact) mass is 217 g/mol. The van der Waals surface area contributed by atoms with E-state index in [1.165, 1.54) is 18.2 Å². The van der Waals surface area contributed by atoms with Crippen LogP contribution in [0.1, 0.15) is 12.5 Å². The van der Waals surface area contributed by atoms with E-state index in [1.54, 1.807) is 0 Å². The van der Waals surface area contributed by atoms with Gasteiger partial charge in [0, 0.05) is 0 Å². The number of hydrogen-bond acceptors (Lipinski definition) is 2. The molecule has 14 heavy (non-hydrogen) atoms. The molecule has 0 aliphatic carbocycles. The number of anilines is 1. The molecule has 0 fully saturated rings. The first-order valence-corrected chi connectivity index (χ1v) is 6.07. The number of aryl methyl sites for hydroxylation is 1. The average Bonchev–Trinajstić information content (AvgIpc) is 2.06. The van der Waals surface area contributed by atoms with Crippen LogP contribution < -0.4 is 4.72 Å². The Morgan fingerprint density at radius 3 is 2.57 bits per heavy atom. The molecular weight excluding hydrogens is 205 g/mol. The van der Waals surface area contributed by atoms with E-state index in [0.717, 1.165) is 6.26 Å². The summed E-state index contributed by atoms with van der Waals surface area (Å²) in [4.78, 5) is 0. The Balaban J connectivity index is 3.09. The lowest BCUT2D eigenvalue weighted by molar-refractivity contribution is 0.606. The molecule has 78 valence electrons. The van der Waals surface area contributed by atoms with Crippen LogP contribution in [0.25, 0.3) is 0 Å². The molecule has 0 spiro atoms. The zero-order valence-electron chi connectivity index (χ0n) is 8.04. The van der Waals surface area contributed by atoms with Crippen molar-refractivity contribution in [1.82, 2.24) is 0 Å². The van der Waals surface area contributed by atoms with E-state index < -0.39 is 10.0 Å². The highest BCUT2D eigenvalue weighted by atomic mass is 32.2. The van der Waals surface area contributed by atoms with Gasteiger partial charge in [0.15, 0.2) is 0 Å². The predicted molar refractivity (Wildman–Crippen MR) is 54.2 cm³/mol. The molecule has 0 amide bonds. The highest BCUT2D eigenvalue weighted by Crippen LogP contribution is 2.18. The Morgan fingerprint density at radius 1 is 1.43 bits per heavy atom. The number of nitrogens with one attached hydrogen (secondary N) is 1. The summed E-state index contributed by atoms with van der Waals surface area (Å²) < 4.78 is 37.0. The smallest absolute Gasteiger partial charge is 0.229 e. The fraction of sp³-hybridized carbons (Fsp3) is 0.333. The van der Waals surface area contributed by atoms with Crippen molar-refractivity contribution in [3.63, 3.8) is 0 Å². The lowest BCUT2D eigenvalue weighted by atomic mass is 10.1. The second-order valence-corrected chi connectivity index (χ2v) is 4.78. The molecule has 1 aromatic rings. The lowest BCUT2D eigenvalue weighted by Gasteiger charge is -2.08. The number of benzene rings is 1. The van der Waals surface area contributed by atoms with Gasteiger partial charge in [0.05, 0.1) is 11.9 Å². The summed E-state index contributed by atoms with van der Waals surface area (Å²) in [5.41, 5.74) is 1.09. The third kappa shape index (κ3) is 2.99. The van der Waals surface area contributed by atoms with E-state index in [2.05, 4.69) is 4.72 Å². The first-order valence-electron chi connectivity index (χ1n) is 4.18. The number of hydrogen-bond donors (Lipinski definition) is 1. The van der Waals surface area contributed by atoms with Crippen LogP contribution in [0.3, 0.4) is 0 Å². The molecule has 0 radical (unpaired) electrons. The Hall–Kier alpha value is -1.10. The predicted octanol–water partition coefficient (Wildman–Crippen LogP) is 1.76. The minimum atomic E-state index is -3.30. The van der Waals surface area contributed by atoms with Crippen LogP contribution in [-0.4, -0.2) is 14.7 Å². The zero-order valence-corrected chi connectivity index (χ0v) is 8.86. The molecule has 3 nitrogen and oxygen atoms in total. The maximum Gasteiger partial charge on any atom is 0.229 e. The summed E-state index contributed by atoms with van der Waals surface area (Å²) in [7, 11) is -3.30. The highest BCUT2D eigenvalue weighted by Gasteiger charge is 2.06. The molecule has 0 unspecified atom stereocenters. The molecule has 0 saturated heterocycles. The summed E-state index contributed by atoms with van der Waals surface area (Å²) in [6.45, 7) is 1.84. The second kappa shape index (κ2) is 3.96. The van der Waals surface area contributed by atoms with Crippen molar-refractivity contribution in [3.05, 3.63) is 29.6 Å². The summed E-state index contributed by atoms with van der Waals surface area (Å²) in [5.74, 6) is -0.360. The summed E-state index contributed by atoms with van der Waals surface area (Å²) in [6.07, 6.45) is 1.64. The molecule has 0 aromatic heterocycles. The largest absolute Gasteiger partial charge is 0.284 e. The van der Waals surface area contributed by atoms with Crippen molar-refractivity contribution in [1.29, 1.82) is 0 Å². The molecule has 0 saturated carbocycles. The van der Waals surface area contributed by atoms with Gasteiger partial charge < -0.3 is 0 Å². The van der Waals surface area contributed by atoms with Crippen molar-refractivity contribution < 1.29 is 12.8 Å². The summed E-state index contributed by atoms with van der Waals surface area (Å²) in [5, 5.41) is 0. The van der Waals surface area contributed by atoms with Crippen LogP contribution in [0.4, 0.5) is 10.1 Å². The number of sulfonamides is 1. The topological polar surface area (TPSA) is 46.2 Å². The van der Waals surface area contributed by atoms with Crippen LogP contribution in [0.2, 0.25) is 0 Å². The van der Waals surface area contributed by atoms with Gasteiger partial charge in [-0.1, -0.05) is 6.92 Å². The van der Waals surface area contributed by atoms with Gasteiger partial charge in [-0.2, -0.15) is 0 Å². The average molecular weight is 217 g/mol. The van der Waals surface area contributed by atoms with Crippen molar-refractivity contribution in [2.75, 3.05) is 11.0 Å². The minimum Gasteiger partial charge on any atom is -0.284 e. The quantitative estimate of drug-likeness (QED) is 0.838. The Bertz CT molecular complexity index is 428. The fourth-order valence-corrected chi connectivity index (χ4v) is 1.75. The first kappa shape index (κ1) is 11.0. The van der Waals surface area contributed by atoms with Crippen molar-refractivity contribution in [3.8, 4) is 0 Å². The molecule has 1 rings (SSSR count). The first-order chi connectivity index (χ1) is 6.42. The van der Waals surface area contributed by atoms with E-state index in [1.807, 2.05) is 6.92 Å². The summed E-state index contributed by atoms with van der Waals surface area (Å²) in [6, 6.07) is 3.98. The Kier molecular flexibility index (Phi) is 3.10. The van der Waals surface area contributed by atoms with Crippen LogP contribution >= 0.6 is 0 Å². The van der Waals surface area contributed by atoms with E-state index in [4.69, 9.17) is 0 Å². The van der Waals surface area contributed by atoms with Gasteiger partial charge in [-0.15, -0.1) is 0 Å². The lowest BCUT2D eigenvalue weighted by Crippen LogP contribution is -2.11. The van der Waals surface area contributed by atoms with Gasteiger partial charge in [0.25, 0.3) is 0 Å². The van der Waals surface area contributed by atoms with Crippen molar-refractivity contribution in [2.24, 2.45) is 0 Å². The minimum absolute atomic E-state index is 0.360. The molecule has 0 aliphatic rings. The van der Waals surface area contributed by atoms with Gasteiger partial charge >= 0.3 is 0 Å². The number of rotatable bonds is 3. The fourth-order valence-electron chi connectivity index (χ4n) is 1.15. The van der Waals surface area contributed by atoms with Crippen LogP contribution in [-0.2, 0) is 16.4 Å². The van der Waals surface area contributed by atoms with Gasteiger partial charge in [-0.05, 0) is 30.2 Å². The highest BCUT2D eigenvalue weighted by molar-refractivity contribution is 7.92. The summed E-state index contributed by atoms with van der Waals surface area (Å²) >= 11 is 0. The SMILES string of the molecule is CCc1cc(F)ccc1NS(C)(=O)=O. The Labute approximate surface area is 83.0 Å². The van der Waals surface area contributed by atoms with E-state index in [9.17, 15) is 12.8 Å². The number of halogens is 1. The normalized spacial score (nSPS) is 11.4. The third-order valence-corrected chi connectivity index (χ3v) is 2.33. The molecule has 0 atom stereocenters. The molecule has 0 bridgehead atoms. The van der Waals surface area contributed by atoms with Crippen LogP contribution in [0.15, 0.2) is 18.2 Å².